The van der Waals surface area contributed by atoms with Gasteiger partial charge >= 0.3 is 6.29 Å². The molecule has 3 aromatic rings. The average molecular weight is 372 g/mol. The lowest BCUT2D eigenvalue weighted by molar-refractivity contribution is -0.286. The smallest absolute Gasteiger partial charge is 0.441 e. The molecule has 0 atom stereocenters. The highest BCUT2D eigenvalue weighted by Gasteiger charge is 2.43. The Morgan fingerprint density at radius 3 is 2.63 bits per heavy atom. The fraction of sp³-hybridized carbons (Fsp3) is 0.158. The maximum Gasteiger partial charge on any atom is 0.586 e. The van der Waals surface area contributed by atoms with E-state index in [1.54, 1.807) is 6.92 Å². The Morgan fingerprint density at radius 2 is 1.85 bits per heavy atom. The second-order valence-corrected chi connectivity index (χ2v) is 5.94. The minimum absolute atomic E-state index is 0.0211. The highest BCUT2D eigenvalue weighted by Crippen LogP contribution is 2.42. The van der Waals surface area contributed by atoms with Crippen molar-refractivity contribution in [3.8, 4) is 23.0 Å². The van der Waals surface area contributed by atoms with E-state index in [-0.39, 0.29) is 23.8 Å². The van der Waals surface area contributed by atoms with Gasteiger partial charge in [-0.1, -0.05) is 18.2 Å². The van der Waals surface area contributed by atoms with E-state index in [1.807, 2.05) is 30.3 Å². The Kier molecular flexibility index (Phi) is 4.02. The largest absolute Gasteiger partial charge is 0.586 e. The van der Waals surface area contributed by atoms with E-state index < -0.39 is 6.29 Å². The molecule has 0 unspecified atom stereocenters. The van der Waals surface area contributed by atoms with Crippen LogP contribution in [0.4, 0.5) is 14.5 Å². The zero-order valence-corrected chi connectivity index (χ0v) is 14.2. The van der Waals surface area contributed by atoms with Gasteiger partial charge in [-0.15, -0.1) is 8.78 Å². The number of aryl methyl sites for hydroxylation is 1. The Balaban J connectivity index is 1.46. The first kappa shape index (κ1) is 17.0. The zero-order valence-electron chi connectivity index (χ0n) is 14.2. The minimum atomic E-state index is -3.70. The van der Waals surface area contributed by atoms with Crippen LogP contribution in [0, 0.1) is 6.92 Å². The van der Waals surface area contributed by atoms with Crippen molar-refractivity contribution < 1.29 is 27.5 Å². The Labute approximate surface area is 152 Å². The fourth-order valence-corrected chi connectivity index (χ4v) is 2.68. The van der Waals surface area contributed by atoms with E-state index >= 15 is 0 Å². The lowest BCUT2D eigenvalue weighted by Crippen LogP contribution is -2.25. The number of fused-ring (bicyclic) bond motifs is 1. The topological polar surface area (TPSA) is 73.6 Å². The molecule has 1 aliphatic rings. The van der Waals surface area contributed by atoms with Crippen LogP contribution in [0.2, 0.25) is 0 Å². The predicted molar refractivity (Wildman–Crippen MR) is 91.7 cm³/mol. The molecule has 0 spiro atoms. The molecule has 0 saturated heterocycles. The van der Waals surface area contributed by atoms with Crippen LogP contribution in [0.1, 0.15) is 11.5 Å². The average Bonchev–Trinajstić information content (AvgIpc) is 3.13. The van der Waals surface area contributed by atoms with Gasteiger partial charge in [-0.2, -0.15) is 0 Å². The number of hydrogen-bond donors (Lipinski definition) is 1. The third-order valence-corrected chi connectivity index (χ3v) is 3.93. The summed E-state index contributed by atoms with van der Waals surface area (Å²) in [5, 5.41) is 2.62. The third kappa shape index (κ3) is 3.59. The molecule has 2 aromatic carbocycles. The van der Waals surface area contributed by atoms with Crippen LogP contribution >= 0.6 is 0 Å². The summed E-state index contributed by atoms with van der Waals surface area (Å²) in [6.45, 7) is 1.73. The summed E-state index contributed by atoms with van der Waals surface area (Å²) >= 11 is 0. The summed E-state index contributed by atoms with van der Waals surface area (Å²) in [5.74, 6) is 0.381. The quantitative estimate of drug-likeness (QED) is 0.745. The van der Waals surface area contributed by atoms with Crippen LogP contribution in [-0.2, 0) is 11.2 Å². The maximum atomic E-state index is 13.1. The second-order valence-electron chi connectivity index (χ2n) is 5.94. The molecule has 138 valence electrons. The molecule has 27 heavy (non-hydrogen) atoms. The molecular formula is C19H14F2N2O4. The van der Waals surface area contributed by atoms with E-state index in [0.717, 1.165) is 5.56 Å². The van der Waals surface area contributed by atoms with Gasteiger partial charge in [-0.25, -0.2) is 4.98 Å². The normalized spacial score (nSPS) is 14.2. The van der Waals surface area contributed by atoms with E-state index in [2.05, 4.69) is 19.8 Å². The number of carbonyl (C=O) groups excluding carboxylic acids is 1. The summed E-state index contributed by atoms with van der Waals surface area (Å²) < 4.78 is 40.4. The molecule has 8 heteroatoms. The first-order chi connectivity index (χ1) is 12.9. The van der Waals surface area contributed by atoms with Gasteiger partial charge < -0.3 is 19.2 Å². The van der Waals surface area contributed by atoms with Crippen molar-refractivity contribution in [1.29, 1.82) is 0 Å². The van der Waals surface area contributed by atoms with Gasteiger partial charge in [0.2, 0.25) is 11.8 Å². The molecule has 0 radical (unpaired) electrons. The Bertz CT molecular complexity index is 1000. The molecule has 2 heterocycles. The summed E-state index contributed by atoms with van der Waals surface area (Å²) in [7, 11) is 0. The lowest BCUT2D eigenvalue weighted by Gasteiger charge is -2.05. The predicted octanol–water partition coefficient (Wildman–Crippen LogP) is 4.15. The van der Waals surface area contributed by atoms with Crippen LogP contribution in [-0.4, -0.2) is 17.2 Å². The fourth-order valence-electron chi connectivity index (χ4n) is 2.68. The number of aromatic nitrogens is 1. The number of nitrogens with zero attached hydrogens (tertiary/aromatic N) is 1. The van der Waals surface area contributed by atoms with Crippen molar-refractivity contribution in [2.75, 3.05) is 5.32 Å². The molecule has 0 bridgehead atoms. The van der Waals surface area contributed by atoms with Crippen LogP contribution in [0.25, 0.3) is 11.5 Å². The standard InChI is InChI=1S/C19H14F2N2O4/c1-11-14(23-18(25-11)12-5-3-2-4-6-12)10-17(24)22-13-7-8-15-16(9-13)27-19(20,21)26-15/h2-9H,10H2,1H3,(H,22,24). The molecule has 4 rings (SSSR count). The Morgan fingerprint density at radius 1 is 1.11 bits per heavy atom. The number of rotatable bonds is 4. The molecule has 1 aromatic heterocycles. The minimum Gasteiger partial charge on any atom is -0.441 e. The number of anilines is 1. The number of alkyl halides is 2. The highest BCUT2D eigenvalue weighted by atomic mass is 19.3. The SMILES string of the molecule is Cc1oc(-c2ccccc2)nc1CC(=O)Nc1ccc2c(c1)OC(F)(F)O2. The van der Waals surface area contributed by atoms with Crippen molar-refractivity contribution in [2.24, 2.45) is 0 Å². The van der Waals surface area contributed by atoms with E-state index in [4.69, 9.17) is 4.42 Å². The van der Waals surface area contributed by atoms with Crippen LogP contribution in [0.15, 0.2) is 52.9 Å². The molecular weight excluding hydrogens is 358 g/mol. The van der Waals surface area contributed by atoms with Crippen molar-refractivity contribution in [3.63, 3.8) is 0 Å². The lowest BCUT2D eigenvalue weighted by atomic mass is 10.2. The molecule has 0 saturated carbocycles. The van der Waals surface area contributed by atoms with E-state index in [9.17, 15) is 13.6 Å². The summed E-state index contributed by atoms with van der Waals surface area (Å²) in [5.41, 5.74) is 1.62. The number of oxazole rings is 1. The van der Waals surface area contributed by atoms with Gasteiger partial charge in [0, 0.05) is 17.3 Å². The Hall–Kier alpha value is -3.42. The van der Waals surface area contributed by atoms with Gasteiger partial charge in [0.25, 0.3) is 0 Å². The first-order valence-electron chi connectivity index (χ1n) is 8.11. The number of carbonyl (C=O) groups is 1. The molecule has 0 aliphatic carbocycles. The second kappa shape index (κ2) is 6.39. The molecule has 1 N–H and O–H groups in total. The van der Waals surface area contributed by atoms with Gasteiger partial charge in [0.1, 0.15) is 5.76 Å². The molecule has 1 amide bonds. The number of amides is 1. The number of halogens is 2. The third-order valence-electron chi connectivity index (χ3n) is 3.93. The number of nitrogens with one attached hydrogen (secondary N) is 1. The van der Waals surface area contributed by atoms with Crippen LogP contribution in [0.5, 0.6) is 11.5 Å². The van der Waals surface area contributed by atoms with E-state index in [0.29, 0.717) is 23.0 Å². The van der Waals surface area contributed by atoms with Gasteiger partial charge in [-0.05, 0) is 31.2 Å². The van der Waals surface area contributed by atoms with Crippen molar-refractivity contribution >= 4 is 11.6 Å². The number of hydrogen-bond acceptors (Lipinski definition) is 5. The van der Waals surface area contributed by atoms with Crippen molar-refractivity contribution in [2.45, 2.75) is 19.6 Å². The van der Waals surface area contributed by atoms with Crippen molar-refractivity contribution in [1.82, 2.24) is 4.98 Å². The monoisotopic (exact) mass is 372 g/mol. The number of ether oxygens (including phenoxy) is 2. The molecule has 1 aliphatic heterocycles. The van der Waals surface area contributed by atoms with E-state index in [1.165, 1.54) is 18.2 Å². The van der Waals surface area contributed by atoms with Gasteiger partial charge in [0.15, 0.2) is 11.5 Å². The van der Waals surface area contributed by atoms with Gasteiger partial charge in [-0.3, -0.25) is 4.79 Å². The maximum absolute atomic E-state index is 13.1. The van der Waals surface area contributed by atoms with Crippen LogP contribution < -0.4 is 14.8 Å². The summed E-state index contributed by atoms with van der Waals surface area (Å²) in [4.78, 5) is 16.7. The zero-order chi connectivity index (χ0) is 19.0. The number of benzene rings is 2. The summed E-state index contributed by atoms with van der Waals surface area (Å²) in [6.07, 6.45) is -3.72. The van der Waals surface area contributed by atoms with Gasteiger partial charge in [0.05, 0.1) is 12.1 Å². The summed E-state index contributed by atoms with van der Waals surface area (Å²) in [6, 6.07) is 13.4. The molecule has 6 nitrogen and oxygen atoms in total. The first-order valence-corrected chi connectivity index (χ1v) is 8.11. The van der Waals surface area contributed by atoms with Crippen molar-refractivity contribution in [3.05, 3.63) is 60.0 Å². The van der Waals surface area contributed by atoms with Crippen LogP contribution in [0.3, 0.4) is 0 Å². The molecule has 0 fully saturated rings. The highest BCUT2D eigenvalue weighted by molar-refractivity contribution is 5.92.